The smallest absolute Gasteiger partial charge is 0.328 e. The fourth-order valence-electron chi connectivity index (χ4n) is 1.41. The summed E-state index contributed by atoms with van der Waals surface area (Å²) < 4.78 is 4.80. The fraction of sp³-hybridized carbons (Fsp3) is 0.385. The first-order valence-corrected chi connectivity index (χ1v) is 6.11. The molecular formula is C13H16ClNO3. The lowest BCUT2D eigenvalue weighted by molar-refractivity contribution is -0.146. The number of rotatable bonds is 5. The summed E-state index contributed by atoms with van der Waals surface area (Å²) in [5, 5.41) is 3.21. The first kappa shape index (κ1) is 14.5. The molecule has 4 nitrogen and oxygen atoms in total. The minimum Gasteiger partial charge on any atom is -0.464 e. The topological polar surface area (TPSA) is 55.4 Å². The third-order valence-corrected chi connectivity index (χ3v) is 2.55. The van der Waals surface area contributed by atoms with Gasteiger partial charge in [-0.1, -0.05) is 23.7 Å². The zero-order valence-corrected chi connectivity index (χ0v) is 11.2. The van der Waals surface area contributed by atoms with E-state index in [-0.39, 0.29) is 12.3 Å². The van der Waals surface area contributed by atoms with Gasteiger partial charge < -0.3 is 10.1 Å². The van der Waals surface area contributed by atoms with Crippen molar-refractivity contribution in [3.8, 4) is 0 Å². The number of amides is 1. The predicted molar refractivity (Wildman–Crippen MR) is 69.4 cm³/mol. The molecule has 1 unspecified atom stereocenters. The van der Waals surface area contributed by atoms with Gasteiger partial charge in [-0.25, -0.2) is 4.79 Å². The lowest BCUT2D eigenvalue weighted by Crippen LogP contribution is -2.40. The number of hydrogen-bond donors (Lipinski definition) is 1. The highest BCUT2D eigenvalue weighted by Gasteiger charge is 2.16. The summed E-state index contributed by atoms with van der Waals surface area (Å²) in [6, 6.07) is 6.36. The van der Waals surface area contributed by atoms with Crippen LogP contribution in [0.2, 0.25) is 5.02 Å². The molecule has 0 aromatic heterocycles. The maximum absolute atomic E-state index is 11.7. The van der Waals surface area contributed by atoms with Crippen LogP contribution in [0.5, 0.6) is 0 Å². The van der Waals surface area contributed by atoms with Gasteiger partial charge in [0.1, 0.15) is 6.04 Å². The molecule has 0 radical (unpaired) electrons. The Hall–Kier alpha value is -1.55. The molecule has 1 N–H and O–H groups in total. The summed E-state index contributed by atoms with van der Waals surface area (Å²) in [6.07, 6.45) is 0.209. The molecule has 0 saturated carbocycles. The quantitative estimate of drug-likeness (QED) is 0.832. The molecule has 98 valence electrons. The minimum absolute atomic E-state index is 0.209. The van der Waals surface area contributed by atoms with E-state index in [1.807, 2.05) is 0 Å². The van der Waals surface area contributed by atoms with E-state index in [0.717, 1.165) is 5.56 Å². The molecule has 0 saturated heterocycles. The molecule has 1 atom stereocenters. The van der Waals surface area contributed by atoms with Crippen LogP contribution in [0.25, 0.3) is 0 Å². The van der Waals surface area contributed by atoms with Crippen LogP contribution in [0, 0.1) is 0 Å². The Morgan fingerprint density at radius 3 is 2.50 bits per heavy atom. The van der Waals surface area contributed by atoms with E-state index in [1.54, 1.807) is 38.1 Å². The van der Waals surface area contributed by atoms with Crippen molar-refractivity contribution in [1.29, 1.82) is 0 Å². The second kappa shape index (κ2) is 7.01. The van der Waals surface area contributed by atoms with Crippen LogP contribution in [0.1, 0.15) is 19.4 Å². The summed E-state index contributed by atoms with van der Waals surface area (Å²) in [5.74, 6) is -0.653. The highest BCUT2D eigenvalue weighted by atomic mass is 35.5. The van der Waals surface area contributed by atoms with Crippen LogP contribution in [0.15, 0.2) is 24.3 Å². The number of halogens is 1. The van der Waals surface area contributed by atoms with Gasteiger partial charge in [0.15, 0.2) is 0 Å². The number of nitrogens with one attached hydrogen (secondary N) is 1. The van der Waals surface area contributed by atoms with Crippen molar-refractivity contribution in [2.24, 2.45) is 0 Å². The normalized spacial score (nSPS) is 11.7. The molecular weight excluding hydrogens is 254 g/mol. The molecule has 0 spiro atoms. The average Bonchev–Trinajstić information content (AvgIpc) is 2.32. The first-order chi connectivity index (χ1) is 8.52. The zero-order chi connectivity index (χ0) is 13.5. The van der Waals surface area contributed by atoms with Crippen LogP contribution in [0.4, 0.5) is 0 Å². The molecule has 1 aromatic carbocycles. The number of esters is 1. The minimum atomic E-state index is -0.634. The number of hydrogen-bond acceptors (Lipinski definition) is 3. The second-order valence-electron chi connectivity index (χ2n) is 3.84. The molecule has 1 rings (SSSR count). The number of benzene rings is 1. The van der Waals surface area contributed by atoms with Gasteiger partial charge in [-0.3, -0.25) is 4.79 Å². The molecule has 0 aliphatic rings. The molecule has 18 heavy (non-hydrogen) atoms. The summed E-state index contributed by atoms with van der Waals surface area (Å²) in [5.41, 5.74) is 0.841. The molecule has 0 fully saturated rings. The van der Waals surface area contributed by atoms with Gasteiger partial charge in [-0.05, 0) is 31.5 Å². The van der Waals surface area contributed by atoms with Crippen molar-refractivity contribution in [2.75, 3.05) is 6.61 Å². The van der Waals surface area contributed by atoms with Gasteiger partial charge in [0.25, 0.3) is 0 Å². The Labute approximate surface area is 111 Å². The molecule has 5 heteroatoms. The van der Waals surface area contributed by atoms with E-state index in [1.165, 1.54) is 0 Å². The monoisotopic (exact) mass is 269 g/mol. The van der Waals surface area contributed by atoms with Crippen LogP contribution >= 0.6 is 11.6 Å². The Balaban J connectivity index is 2.46. The second-order valence-corrected chi connectivity index (χ2v) is 4.28. The molecule has 0 heterocycles. The zero-order valence-electron chi connectivity index (χ0n) is 10.4. The molecule has 0 bridgehead atoms. The van der Waals surface area contributed by atoms with Crippen LogP contribution < -0.4 is 5.32 Å². The van der Waals surface area contributed by atoms with E-state index in [2.05, 4.69) is 5.32 Å². The summed E-state index contributed by atoms with van der Waals surface area (Å²) in [4.78, 5) is 23.0. The van der Waals surface area contributed by atoms with E-state index in [9.17, 15) is 9.59 Å². The van der Waals surface area contributed by atoms with E-state index in [4.69, 9.17) is 16.3 Å². The number of carbonyl (C=O) groups is 2. The Bertz CT molecular complexity index is 417. The summed E-state index contributed by atoms with van der Waals surface area (Å²) in [7, 11) is 0. The Morgan fingerprint density at radius 2 is 1.94 bits per heavy atom. The lowest BCUT2D eigenvalue weighted by Gasteiger charge is -2.12. The highest BCUT2D eigenvalue weighted by Crippen LogP contribution is 2.09. The average molecular weight is 270 g/mol. The van der Waals surface area contributed by atoms with Crippen LogP contribution in [-0.2, 0) is 20.7 Å². The fourth-order valence-corrected chi connectivity index (χ4v) is 1.53. The van der Waals surface area contributed by atoms with Crippen molar-refractivity contribution in [2.45, 2.75) is 26.3 Å². The van der Waals surface area contributed by atoms with Gasteiger partial charge in [-0.15, -0.1) is 0 Å². The molecule has 1 aromatic rings. The standard InChI is InChI=1S/C13H16ClNO3/c1-3-18-13(17)9(2)15-12(16)8-10-4-6-11(14)7-5-10/h4-7,9H,3,8H2,1-2H3,(H,15,16). The number of carbonyl (C=O) groups excluding carboxylic acids is 2. The van der Waals surface area contributed by atoms with Crippen LogP contribution in [-0.4, -0.2) is 24.5 Å². The third-order valence-electron chi connectivity index (χ3n) is 2.30. The van der Waals surface area contributed by atoms with Crippen molar-refractivity contribution in [3.05, 3.63) is 34.9 Å². The largest absolute Gasteiger partial charge is 0.464 e. The van der Waals surface area contributed by atoms with E-state index < -0.39 is 12.0 Å². The molecule has 0 aliphatic heterocycles. The van der Waals surface area contributed by atoms with Crippen molar-refractivity contribution >= 4 is 23.5 Å². The van der Waals surface area contributed by atoms with Crippen LogP contribution in [0.3, 0.4) is 0 Å². The Morgan fingerprint density at radius 1 is 1.33 bits per heavy atom. The van der Waals surface area contributed by atoms with Gasteiger partial charge in [0.2, 0.25) is 5.91 Å². The SMILES string of the molecule is CCOC(=O)C(C)NC(=O)Cc1ccc(Cl)cc1. The van der Waals surface area contributed by atoms with E-state index >= 15 is 0 Å². The van der Waals surface area contributed by atoms with E-state index in [0.29, 0.717) is 11.6 Å². The molecule has 0 aliphatic carbocycles. The van der Waals surface area contributed by atoms with Crippen molar-refractivity contribution in [1.82, 2.24) is 5.32 Å². The van der Waals surface area contributed by atoms with Crippen molar-refractivity contribution in [3.63, 3.8) is 0 Å². The van der Waals surface area contributed by atoms with Crippen molar-refractivity contribution < 1.29 is 14.3 Å². The van der Waals surface area contributed by atoms with Gasteiger partial charge in [-0.2, -0.15) is 0 Å². The summed E-state index contributed by atoms with van der Waals surface area (Å²) in [6.45, 7) is 3.62. The third kappa shape index (κ3) is 4.75. The first-order valence-electron chi connectivity index (χ1n) is 5.73. The number of ether oxygens (including phenoxy) is 1. The van der Waals surface area contributed by atoms with Gasteiger partial charge in [0, 0.05) is 5.02 Å². The van der Waals surface area contributed by atoms with Gasteiger partial charge >= 0.3 is 5.97 Å². The maximum atomic E-state index is 11.7. The maximum Gasteiger partial charge on any atom is 0.328 e. The molecule has 1 amide bonds. The Kier molecular flexibility index (Phi) is 5.65. The lowest BCUT2D eigenvalue weighted by atomic mass is 10.1. The highest BCUT2D eigenvalue weighted by molar-refractivity contribution is 6.30. The summed E-state index contributed by atoms with van der Waals surface area (Å²) >= 11 is 5.75. The van der Waals surface area contributed by atoms with Gasteiger partial charge in [0.05, 0.1) is 13.0 Å². The predicted octanol–water partition coefficient (Wildman–Crippen LogP) is 1.95.